The number of carbonyl (C=O) groups excluding carboxylic acids is 2. The number of benzene rings is 2. The fourth-order valence-corrected chi connectivity index (χ4v) is 3.65. The maximum Gasteiger partial charge on any atom is 0.232 e. The van der Waals surface area contributed by atoms with E-state index in [-0.39, 0.29) is 30.9 Å². The van der Waals surface area contributed by atoms with Crippen LogP contribution in [0.5, 0.6) is 11.5 Å². The van der Waals surface area contributed by atoms with Gasteiger partial charge in [-0.15, -0.1) is 0 Å². The van der Waals surface area contributed by atoms with Gasteiger partial charge in [-0.25, -0.2) is 0 Å². The summed E-state index contributed by atoms with van der Waals surface area (Å²) in [6.07, 6.45) is 0.211. The van der Waals surface area contributed by atoms with Crippen LogP contribution in [0, 0.1) is 19.8 Å². The van der Waals surface area contributed by atoms with Crippen molar-refractivity contribution in [3.05, 3.63) is 47.5 Å². The average molecular weight is 366 g/mol. The lowest BCUT2D eigenvalue weighted by Gasteiger charge is -2.23. The molecule has 2 aromatic carbocycles. The molecule has 6 heteroatoms. The number of fused-ring (bicyclic) bond motifs is 1. The number of anilines is 2. The van der Waals surface area contributed by atoms with Gasteiger partial charge in [-0.05, 0) is 43.2 Å². The van der Waals surface area contributed by atoms with Crippen LogP contribution in [-0.2, 0) is 9.59 Å². The molecule has 1 unspecified atom stereocenters. The summed E-state index contributed by atoms with van der Waals surface area (Å²) in [7, 11) is 1.78. The van der Waals surface area contributed by atoms with E-state index >= 15 is 0 Å². The third kappa shape index (κ3) is 3.12. The molecule has 0 saturated carbocycles. The summed E-state index contributed by atoms with van der Waals surface area (Å²) >= 11 is 0. The van der Waals surface area contributed by atoms with Crippen molar-refractivity contribution in [1.29, 1.82) is 0 Å². The highest BCUT2D eigenvalue weighted by Crippen LogP contribution is 2.37. The second-order valence-electron chi connectivity index (χ2n) is 7.13. The molecule has 2 heterocycles. The van der Waals surface area contributed by atoms with Gasteiger partial charge in [0, 0.05) is 37.5 Å². The van der Waals surface area contributed by atoms with Gasteiger partial charge in [0.25, 0.3) is 0 Å². The van der Waals surface area contributed by atoms with Crippen molar-refractivity contribution in [3.63, 3.8) is 0 Å². The fourth-order valence-electron chi connectivity index (χ4n) is 3.65. The molecule has 1 atom stereocenters. The molecule has 2 amide bonds. The molecule has 27 heavy (non-hydrogen) atoms. The number of amides is 2. The van der Waals surface area contributed by atoms with Gasteiger partial charge in [-0.3, -0.25) is 9.59 Å². The largest absolute Gasteiger partial charge is 0.454 e. The zero-order valence-electron chi connectivity index (χ0n) is 15.7. The average Bonchev–Trinajstić information content (AvgIpc) is 3.28. The summed E-state index contributed by atoms with van der Waals surface area (Å²) in [6, 6.07) is 11.4. The molecule has 0 bridgehead atoms. The molecule has 0 aliphatic carbocycles. The lowest BCUT2D eigenvalue weighted by Crippen LogP contribution is -2.35. The molecule has 140 valence electrons. The highest BCUT2D eigenvalue weighted by atomic mass is 16.7. The van der Waals surface area contributed by atoms with E-state index in [1.807, 2.05) is 38.1 Å². The van der Waals surface area contributed by atoms with Gasteiger partial charge in [0.05, 0.1) is 5.92 Å². The van der Waals surface area contributed by atoms with E-state index in [4.69, 9.17) is 9.47 Å². The highest BCUT2D eigenvalue weighted by molar-refractivity contribution is 6.04. The number of carbonyl (C=O) groups is 2. The first-order chi connectivity index (χ1) is 12.9. The number of nitrogens with zero attached hydrogens (tertiary/aromatic N) is 2. The van der Waals surface area contributed by atoms with E-state index in [1.165, 1.54) is 0 Å². The molecule has 0 N–H and O–H groups in total. The number of aryl methyl sites for hydroxylation is 2. The van der Waals surface area contributed by atoms with Crippen LogP contribution in [0.1, 0.15) is 17.5 Å². The van der Waals surface area contributed by atoms with Crippen LogP contribution in [0.3, 0.4) is 0 Å². The monoisotopic (exact) mass is 366 g/mol. The van der Waals surface area contributed by atoms with Gasteiger partial charge in [-0.2, -0.15) is 0 Å². The minimum absolute atomic E-state index is 0.0414. The summed E-state index contributed by atoms with van der Waals surface area (Å²) in [4.78, 5) is 28.9. The first kappa shape index (κ1) is 17.4. The molecular formula is C21H22N2O4. The van der Waals surface area contributed by atoms with Gasteiger partial charge < -0.3 is 19.3 Å². The second-order valence-corrected chi connectivity index (χ2v) is 7.13. The van der Waals surface area contributed by atoms with Crippen LogP contribution in [0.2, 0.25) is 0 Å². The maximum atomic E-state index is 13.0. The second kappa shape index (κ2) is 6.61. The fraction of sp³-hybridized carbons (Fsp3) is 0.333. The van der Waals surface area contributed by atoms with Crippen LogP contribution in [0.4, 0.5) is 11.4 Å². The topological polar surface area (TPSA) is 59.1 Å². The van der Waals surface area contributed by atoms with E-state index in [9.17, 15) is 9.59 Å². The Balaban J connectivity index is 1.53. The number of hydrogen-bond acceptors (Lipinski definition) is 4. The number of ether oxygens (including phenoxy) is 2. The molecule has 2 aliphatic heterocycles. The van der Waals surface area contributed by atoms with Crippen LogP contribution in [-0.4, -0.2) is 32.2 Å². The zero-order valence-corrected chi connectivity index (χ0v) is 15.7. The predicted octanol–water partition coefficient (Wildman–Crippen LogP) is 3.05. The Hall–Kier alpha value is -3.02. The minimum Gasteiger partial charge on any atom is -0.454 e. The molecule has 0 aromatic heterocycles. The van der Waals surface area contributed by atoms with E-state index in [0.717, 1.165) is 22.5 Å². The molecule has 2 aliphatic rings. The number of rotatable bonds is 3. The summed E-state index contributed by atoms with van der Waals surface area (Å²) in [5, 5.41) is 0. The summed E-state index contributed by atoms with van der Waals surface area (Å²) in [5.41, 5.74) is 3.75. The first-order valence-corrected chi connectivity index (χ1v) is 8.99. The van der Waals surface area contributed by atoms with E-state index in [1.54, 1.807) is 29.0 Å². The standard InChI is InChI=1S/C21H22N2O4/c1-13-4-5-14(2)17(8-13)22(3)21(25)15-9-20(24)23(11-15)16-6-7-18-19(10-16)27-12-26-18/h4-8,10,15H,9,11-12H2,1-3H3. The van der Waals surface area contributed by atoms with Crippen molar-refractivity contribution in [2.75, 3.05) is 30.2 Å². The lowest BCUT2D eigenvalue weighted by atomic mass is 10.1. The maximum absolute atomic E-state index is 13.0. The van der Waals surface area contributed by atoms with Gasteiger partial charge >= 0.3 is 0 Å². The smallest absolute Gasteiger partial charge is 0.232 e. The Morgan fingerprint density at radius 1 is 1.11 bits per heavy atom. The highest BCUT2D eigenvalue weighted by Gasteiger charge is 2.37. The van der Waals surface area contributed by atoms with E-state index < -0.39 is 0 Å². The van der Waals surface area contributed by atoms with Crippen molar-refractivity contribution in [2.45, 2.75) is 20.3 Å². The van der Waals surface area contributed by atoms with Gasteiger partial charge in [0.2, 0.25) is 18.6 Å². The summed E-state index contributed by atoms with van der Waals surface area (Å²) in [5.74, 6) is 0.838. The molecule has 2 aromatic rings. The van der Waals surface area contributed by atoms with Gasteiger partial charge in [0.1, 0.15) is 0 Å². The summed E-state index contributed by atoms with van der Waals surface area (Å²) < 4.78 is 10.7. The quantitative estimate of drug-likeness (QED) is 0.838. The predicted molar refractivity (Wildman–Crippen MR) is 102 cm³/mol. The van der Waals surface area contributed by atoms with Gasteiger partial charge in [-0.1, -0.05) is 12.1 Å². The van der Waals surface area contributed by atoms with Crippen molar-refractivity contribution < 1.29 is 19.1 Å². The van der Waals surface area contributed by atoms with Crippen molar-refractivity contribution in [2.24, 2.45) is 5.92 Å². The van der Waals surface area contributed by atoms with E-state index in [2.05, 4.69) is 0 Å². The third-order valence-electron chi connectivity index (χ3n) is 5.20. The van der Waals surface area contributed by atoms with Crippen LogP contribution >= 0.6 is 0 Å². The first-order valence-electron chi connectivity index (χ1n) is 8.99. The van der Waals surface area contributed by atoms with E-state index in [0.29, 0.717) is 18.0 Å². The SMILES string of the molecule is Cc1ccc(C)c(N(C)C(=O)C2CC(=O)N(c3ccc4c(c3)OCO4)C2)c1. The molecule has 1 saturated heterocycles. The van der Waals surface area contributed by atoms with Crippen LogP contribution < -0.4 is 19.3 Å². The molecule has 1 fully saturated rings. The zero-order chi connectivity index (χ0) is 19.1. The Morgan fingerprint density at radius 3 is 2.70 bits per heavy atom. The Labute approximate surface area is 158 Å². The minimum atomic E-state index is -0.368. The number of hydrogen-bond donors (Lipinski definition) is 0. The van der Waals surface area contributed by atoms with Crippen molar-refractivity contribution in [3.8, 4) is 11.5 Å². The Kier molecular flexibility index (Phi) is 4.26. The normalized spacial score (nSPS) is 18.1. The Morgan fingerprint density at radius 2 is 1.89 bits per heavy atom. The molecule has 4 rings (SSSR count). The lowest BCUT2D eigenvalue weighted by molar-refractivity contribution is -0.124. The molecule has 6 nitrogen and oxygen atoms in total. The van der Waals surface area contributed by atoms with Gasteiger partial charge in [0.15, 0.2) is 11.5 Å². The molecule has 0 spiro atoms. The molecular weight excluding hydrogens is 344 g/mol. The summed E-state index contributed by atoms with van der Waals surface area (Å²) in [6.45, 7) is 4.54. The Bertz CT molecular complexity index is 924. The van der Waals surface area contributed by atoms with Crippen LogP contribution in [0.25, 0.3) is 0 Å². The molecule has 0 radical (unpaired) electrons. The van der Waals surface area contributed by atoms with Crippen molar-refractivity contribution in [1.82, 2.24) is 0 Å². The third-order valence-corrected chi connectivity index (χ3v) is 5.20. The van der Waals surface area contributed by atoms with Crippen molar-refractivity contribution >= 4 is 23.2 Å². The van der Waals surface area contributed by atoms with Crippen LogP contribution in [0.15, 0.2) is 36.4 Å².